The number of nitrogens with one attached hydrogen (secondary N) is 1. The van der Waals surface area contributed by atoms with Crippen molar-refractivity contribution in [3.8, 4) is 5.69 Å². The molecule has 2 aromatic rings. The van der Waals surface area contributed by atoms with Crippen LogP contribution >= 0.6 is 27.5 Å². The molecule has 0 amide bonds. The molecule has 102 valence electrons. The molecule has 0 spiro atoms. The van der Waals surface area contributed by atoms with Gasteiger partial charge in [0.05, 0.1) is 17.0 Å². The lowest BCUT2D eigenvalue weighted by Crippen LogP contribution is -2.35. The van der Waals surface area contributed by atoms with Crippen molar-refractivity contribution in [2.45, 2.75) is 32.9 Å². The summed E-state index contributed by atoms with van der Waals surface area (Å²) >= 11 is 9.54. The van der Waals surface area contributed by atoms with Crippen LogP contribution in [0.1, 0.15) is 26.5 Å². The van der Waals surface area contributed by atoms with Gasteiger partial charge in [-0.05, 0) is 54.9 Å². The first-order chi connectivity index (χ1) is 8.87. The van der Waals surface area contributed by atoms with E-state index in [9.17, 15) is 0 Å². The summed E-state index contributed by atoms with van der Waals surface area (Å²) in [5.74, 6) is 0. The summed E-state index contributed by atoms with van der Waals surface area (Å²) in [6, 6.07) is 5.88. The van der Waals surface area contributed by atoms with E-state index < -0.39 is 0 Å². The highest BCUT2D eigenvalue weighted by molar-refractivity contribution is 9.10. The number of rotatable bonds is 3. The van der Waals surface area contributed by atoms with Crippen LogP contribution in [0.15, 0.2) is 35.2 Å². The van der Waals surface area contributed by atoms with Crippen molar-refractivity contribution >= 4 is 27.5 Å². The smallest absolute Gasteiger partial charge is 0.0994 e. The predicted molar refractivity (Wildman–Crippen MR) is 82.9 cm³/mol. The minimum Gasteiger partial charge on any atom is -0.306 e. The van der Waals surface area contributed by atoms with Gasteiger partial charge in [0, 0.05) is 28.4 Å². The number of hydrogen-bond donors (Lipinski definition) is 1. The van der Waals surface area contributed by atoms with Gasteiger partial charge in [0.1, 0.15) is 0 Å². The van der Waals surface area contributed by atoms with Crippen LogP contribution in [0.3, 0.4) is 0 Å². The Balaban J connectivity index is 2.26. The van der Waals surface area contributed by atoms with Crippen LogP contribution in [0.25, 0.3) is 5.69 Å². The Kier molecular flexibility index (Phi) is 4.33. The van der Waals surface area contributed by atoms with Crippen LogP contribution in [-0.2, 0) is 6.54 Å². The van der Waals surface area contributed by atoms with E-state index in [2.05, 4.69) is 47.0 Å². The van der Waals surface area contributed by atoms with Crippen molar-refractivity contribution in [3.63, 3.8) is 0 Å². The summed E-state index contributed by atoms with van der Waals surface area (Å²) < 4.78 is 2.93. The largest absolute Gasteiger partial charge is 0.306 e. The summed E-state index contributed by atoms with van der Waals surface area (Å²) in [5.41, 5.74) is 2.19. The molecule has 0 bridgehead atoms. The molecule has 1 heterocycles. The zero-order chi connectivity index (χ0) is 14.0. The van der Waals surface area contributed by atoms with Crippen molar-refractivity contribution < 1.29 is 0 Å². The fourth-order valence-electron chi connectivity index (χ4n) is 1.68. The highest BCUT2D eigenvalue weighted by Crippen LogP contribution is 2.25. The molecule has 3 nitrogen and oxygen atoms in total. The molecule has 19 heavy (non-hydrogen) atoms. The molecular weight excluding hydrogens is 326 g/mol. The first kappa shape index (κ1) is 14.6. The van der Waals surface area contributed by atoms with E-state index in [-0.39, 0.29) is 5.54 Å². The molecule has 0 radical (unpaired) electrons. The van der Waals surface area contributed by atoms with E-state index in [0.717, 1.165) is 22.4 Å². The number of nitrogens with zero attached hydrogens (tertiary/aromatic N) is 2. The first-order valence-corrected chi connectivity index (χ1v) is 7.25. The molecule has 0 saturated carbocycles. The summed E-state index contributed by atoms with van der Waals surface area (Å²) in [6.45, 7) is 7.19. The topological polar surface area (TPSA) is 29.9 Å². The third-order valence-corrected chi connectivity index (χ3v) is 3.93. The second-order valence-corrected chi connectivity index (χ2v) is 6.72. The number of halogens is 2. The van der Waals surface area contributed by atoms with Crippen molar-refractivity contribution in [3.05, 3.63) is 45.9 Å². The van der Waals surface area contributed by atoms with Crippen LogP contribution in [0.4, 0.5) is 0 Å². The molecule has 0 saturated heterocycles. The lowest BCUT2D eigenvalue weighted by Gasteiger charge is -2.21. The molecule has 0 aliphatic heterocycles. The monoisotopic (exact) mass is 341 g/mol. The van der Waals surface area contributed by atoms with E-state index in [4.69, 9.17) is 11.6 Å². The molecule has 5 heteroatoms. The maximum atomic E-state index is 6.14. The van der Waals surface area contributed by atoms with Gasteiger partial charge in [0.15, 0.2) is 0 Å². The standard InChI is InChI=1S/C14H17BrClN3/c1-14(2,3)18-8-11-7-17-9-19(11)10-4-5-12(15)13(16)6-10/h4-7,9,18H,8H2,1-3H3. The summed E-state index contributed by atoms with van der Waals surface area (Å²) in [4.78, 5) is 4.22. The molecule has 1 aromatic carbocycles. The number of aromatic nitrogens is 2. The SMILES string of the molecule is CC(C)(C)NCc1cncn1-c1ccc(Br)c(Cl)c1. The normalized spacial score (nSPS) is 11.8. The van der Waals surface area contributed by atoms with Gasteiger partial charge < -0.3 is 9.88 Å². The minimum atomic E-state index is 0.0759. The maximum absolute atomic E-state index is 6.14. The quantitative estimate of drug-likeness (QED) is 0.907. The fraction of sp³-hybridized carbons (Fsp3) is 0.357. The lowest BCUT2D eigenvalue weighted by molar-refractivity contribution is 0.419. The second kappa shape index (κ2) is 5.65. The molecule has 0 atom stereocenters. The van der Waals surface area contributed by atoms with Gasteiger partial charge in [-0.25, -0.2) is 4.98 Å². The van der Waals surface area contributed by atoms with Crippen LogP contribution in [0, 0.1) is 0 Å². The lowest BCUT2D eigenvalue weighted by atomic mass is 10.1. The highest BCUT2D eigenvalue weighted by atomic mass is 79.9. The third-order valence-electron chi connectivity index (χ3n) is 2.70. The van der Waals surface area contributed by atoms with Crippen molar-refractivity contribution in [1.29, 1.82) is 0 Å². The molecule has 1 aromatic heterocycles. The summed E-state index contributed by atoms with van der Waals surface area (Å²) in [6.07, 6.45) is 3.67. The maximum Gasteiger partial charge on any atom is 0.0994 e. The van der Waals surface area contributed by atoms with E-state index in [1.54, 1.807) is 6.33 Å². The van der Waals surface area contributed by atoms with Crippen LogP contribution in [-0.4, -0.2) is 15.1 Å². The number of benzene rings is 1. The van der Waals surface area contributed by atoms with Gasteiger partial charge in [0.25, 0.3) is 0 Å². The fourth-order valence-corrected chi connectivity index (χ4v) is 2.10. The zero-order valence-corrected chi connectivity index (χ0v) is 13.6. The van der Waals surface area contributed by atoms with Gasteiger partial charge in [-0.1, -0.05) is 11.6 Å². The summed E-state index contributed by atoms with van der Waals surface area (Å²) in [7, 11) is 0. The molecule has 2 rings (SSSR count). The Morgan fingerprint density at radius 2 is 2.11 bits per heavy atom. The highest BCUT2D eigenvalue weighted by Gasteiger charge is 2.11. The third kappa shape index (κ3) is 3.81. The van der Waals surface area contributed by atoms with Crippen molar-refractivity contribution in [1.82, 2.24) is 14.9 Å². The van der Waals surface area contributed by atoms with Crippen molar-refractivity contribution in [2.24, 2.45) is 0 Å². The van der Waals surface area contributed by atoms with E-state index in [0.29, 0.717) is 5.02 Å². The van der Waals surface area contributed by atoms with Crippen LogP contribution < -0.4 is 5.32 Å². The van der Waals surface area contributed by atoms with Gasteiger partial charge in [-0.3, -0.25) is 0 Å². The van der Waals surface area contributed by atoms with Gasteiger partial charge in [-0.2, -0.15) is 0 Å². The predicted octanol–water partition coefficient (Wildman–Crippen LogP) is 4.18. The Morgan fingerprint density at radius 3 is 2.74 bits per heavy atom. The minimum absolute atomic E-state index is 0.0759. The zero-order valence-electron chi connectivity index (χ0n) is 11.2. The second-order valence-electron chi connectivity index (χ2n) is 5.46. The molecule has 0 aliphatic carbocycles. The van der Waals surface area contributed by atoms with Crippen LogP contribution in [0.5, 0.6) is 0 Å². The van der Waals surface area contributed by atoms with Gasteiger partial charge >= 0.3 is 0 Å². The van der Waals surface area contributed by atoms with E-state index in [1.165, 1.54) is 0 Å². The van der Waals surface area contributed by atoms with Gasteiger partial charge in [-0.15, -0.1) is 0 Å². The van der Waals surface area contributed by atoms with Crippen molar-refractivity contribution in [2.75, 3.05) is 0 Å². The van der Waals surface area contributed by atoms with E-state index in [1.807, 2.05) is 29.0 Å². The Labute approximate surface area is 127 Å². The van der Waals surface area contributed by atoms with E-state index >= 15 is 0 Å². The number of hydrogen-bond acceptors (Lipinski definition) is 2. The first-order valence-electron chi connectivity index (χ1n) is 6.08. The molecule has 0 unspecified atom stereocenters. The molecular formula is C14H17BrClN3. The Hall–Kier alpha value is -0.840. The Bertz CT molecular complexity index is 572. The number of imidazole rings is 1. The average Bonchev–Trinajstić information content (AvgIpc) is 2.77. The summed E-state index contributed by atoms with van der Waals surface area (Å²) in [5, 5.41) is 4.15. The van der Waals surface area contributed by atoms with Gasteiger partial charge in [0.2, 0.25) is 0 Å². The molecule has 1 N–H and O–H groups in total. The van der Waals surface area contributed by atoms with Crippen LogP contribution in [0.2, 0.25) is 5.02 Å². The Morgan fingerprint density at radius 1 is 1.37 bits per heavy atom. The molecule has 0 aliphatic rings. The molecule has 0 fully saturated rings. The average molecular weight is 343 g/mol.